The fourth-order valence-corrected chi connectivity index (χ4v) is 0.860. The van der Waals surface area contributed by atoms with Crippen molar-refractivity contribution >= 4 is 11.6 Å². The molecule has 0 aliphatic rings. The van der Waals surface area contributed by atoms with Crippen molar-refractivity contribution in [3.63, 3.8) is 0 Å². The molecule has 5 heteroatoms. The summed E-state index contributed by atoms with van der Waals surface area (Å²) in [6.45, 7) is -0.329. The number of nitrogens with zero attached hydrogens (tertiary/aromatic N) is 1. The second kappa shape index (κ2) is 5.01. The van der Waals surface area contributed by atoms with E-state index in [0.29, 0.717) is 11.0 Å². The van der Waals surface area contributed by atoms with Gasteiger partial charge >= 0.3 is 0 Å². The molecular weight excluding hydrogens is 194 g/mol. The second-order valence-electron chi connectivity index (χ2n) is 2.45. The molecule has 4 nitrogen and oxygen atoms in total. The molecule has 0 spiro atoms. The number of aliphatic hydroxyl groups is 2. The maximum absolute atomic E-state index is 8.95. The molecule has 1 aromatic heterocycles. The van der Waals surface area contributed by atoms with Crippen LogP contribution in [-0.2, 0) is 0 Å². The van der Waals surface area contributed by atoms with Gasteiger partial charge in [-0.3, -0.25) is 0 Å². The van der Waals surface area contributed by atoms with E-state index in [4.69, 9.17) is 26.6 Å². The van der Waals surface area contributed by atoms with Gasteiger partial charge in [0.25, 0.3) is 0 Å². The summed E-state index contributed by atoms with van der Waals surface area (Å²) in [6.07, 6.45) is -0.888. The van der Waals surface area contributed by atoms with Crippen LogP contribution in [0.15, 0.2) is 18.2 Å². The number of aliphatic hydroxyl groups excluding tert-OH is 2. The minimum atomic E-state index is -0.888. The molecule has 1 unspecified atom stereocenters. The zero-order valence-corrected chi connectivity index (χ0v) is 7.61. The van der Waals surface area contributed by atoms with Crippen molar-refractivity contribution in [3.8, 4) is 5.88 Å². The lowest BCUT2D eigenvalue weighted by molar-refractivity contribution is 0.0521. The van der Waals surface area contributed by atoms with Gasteiger partial charge in [0.2, 0.25) is 5.88 Å². The fourth-order valence-electron chi connectivity index (χ4n) is 0.704. The van der Waals surface area contributed by atoms with Crippen LogP contribution in [0.3, 0.4) is 0 Å². The molecule has 0 aliphatic heterocycles. The zero-order valence-electron chi connectivity index (χ0n) is 6.85. The monoisotopic (exact) mass is 203 g/mol. The minimum Gasteiger partial charge on any atom is -0.475 e. The molecule has 1 rings (SSSR count). The van der Waals surface area contributed by atoms with E-state index in [-0.39, 0.29) is 13.2 Å². The Bertz CT molecular complexity index is 269. The first-order valence-electron chi connectivity index (χ1n) is 3.76. The van der Waals surface area contributed by atoms with Gasteiger partial charge in [-0.25, -0.2) is 4.98 Å². The van der Waals surface area contributed by atoms with Crippen LogP contribution in [0.25, 0.3) is 0 Å². The van der Waals surface area contributed by atoms with E-state index in [2.05, 4.69) is 4.98 Å². The minimum absolute atomic E-state index is 0.00381. The van der Waals surface area contributed by atoms with Crippen molar-refractivity contribution in [2.75, 3.05) is 13.2 Å². The summed E-state index contributed by atoms with van der Waals surface area (Å²) in [4.78, 5) is 3.83. The Morgan fingerprint density at radius 1 is 1.54 bits per heavy atom. The molecule has 1 aromatic rings. The molecule has 1 atom stereocenters. The third kappa shape index (κ3) is 3.59. The third-order valence-electron chi connectivity index (χ3n) is 1.32. The number of rotatable bonds is 4. The van der Waals surface area contributed by atoms with Crippen LogP contribution in [0.5, 0.6) is 5.88 Å². The van der Waals surface area contributed by atoms with Crippen molar-refractivity contribution in [2.45, 2.75) is 6.10 Å². The molecule has 0 aromatic carbocycles. The zero-order chi connectivity index (χ0) is 9.68. The number of halogens is 1. The molecule has 0 amide bonds. The maximum atomic E-state index is 8.95. The number of pyridine rings is 1. The van der Waals surface area contributed by atoms with Crippen LogP contribution in [0.1, 0.15) is 0 Å². The van der Waals surface area contributed by atoms with E-state index in [9.17, 15) is 0 Å². The molecule has 2 N–H and O–H groups in total. The number of hydrogen-bond donors (Lipinski definition) is 2. The number of ether oxygens (including phenoxy) is 1. The van der Waals surface area contributed by atoms with Crippen LogP contribution in [0.2, 0.25) is 5.15 Å². The normalized spacial score (nSPS) is 12.5. The summed E-state index contributed by atoms with van der Waals surface area (Å²) in [5.74, 6) is 0.333. The van der Waals surface area contributed by atoms with Gasteiger partial charge in [-0.05, 0) is 6.07 Å². The highest BCUT2D eigenvalue weighted by Gasteiger charge is 2.03. The summed E-state index contributed by atoms with van der Waals surface area (Å²) >= 11 is 5.59. The first-order chi connectivity index (χ1) is 6.22. The first kappa shape index (κ1) is 10.2. The third-order valence-corrected chi connectivity index (χ3v) is 1.53. The highest BCUT2D eigenvalue weighted by molar-refractivity contribution is 6.29. The fraction of sp³-hybridized carbons (Fsp3) is 0.375. The van der Waals surface area contributed by atoms with Crippen LogP contribution in [-0.4, -0.2) is 34.5 Å². The molecule has 0 fully saturated rings. The summed E-state index contributed by atoms with van der Waals surface area (Å²) in [6, 6.07) is 4.93. The topological polar surface area (TPSA) is 62.6 Å². The van der Waals surface area contributed by atoms with Crippen molar-refractivity contribution < 1.29 is 14.9 Å². The van der Waals surface area contributed by atoms with Gasteiger partial charge in [0, 0.05) is 6.07 Å². The highest BCUT2D eigenvalue weighted by atomic mass is 35.5. The quantitative estimate of drug-likeness (QED) is 0.699. The van der Waals surface area contributed by atoms with Crippen molar-refractivity contribution in [1.82, 2.24) is 4.98 Å². The van der Waals surface area contributed by atoms with Gasteiger partial charge < -0.3 is 14.9 Å². The van der Waals surface area contributed by atoms with Gasteiger partial charge in [0.1, 0.15) is 17.9 Å². The van der Waals surface area contributed by atoms with Gasteiger partial charge in [0.05, 0.1) is 6.61 Å². The van der Waals surface area contributed by atoms with Crippen molar-refractivity contribution in [2.24, 2.45) is 0 Å². The Morgan fingerprint density at radius 2 is 2.31 bits per heavy atom. The lowest BCUT2D eigenvalue weighted by Crippen LogP contribution is -2.21. The first-order valence-corrected chi connectivity index (χ1v) is 4.14. The van der Waals surface area contributed by atoms with E-state index in [1.54, 1.807) is 18.2 Å². The summed E-state index contributed by atoms with van der Waals surface area (Å²) in [5, 5.41) is 17.8. The summed E-state index contributed by atoms with van der Waals surface area (Å²) < 4.78 is 5.03. The lowest BCUT2D eigenvalue weighted by Gasteiger charge is -2.08. The van der Waals surface area contributed by atoms with E-state index >= 15 is 0 Å². The molecule has 0 bridgehead atoms. The Hall–Kier alpha value is -0.840. The molecule has 0 aliphatic carbocycles. The Kier molecular flexibility index (Phi) is 3.95. The smallest absolute Gasteiger partial charge is 0.214 e. The average Bonchev–Trinajstić information content (AvgIpc) is 2.14. The predicted octanol–water partition coefficient (Wildman–Crippen LogP) is 0.467. The molecule has 72 valence electrons. The van der Waals surface area contributed by atoms with Crippen LogP contribution in [0.4, 0.5) is 0 Å². The average molecular weight is 204 g/mol. The van der Waals surface area contributed by atoms with Crippen molar-refractivity contribution in [1.29, 1.82) is 0 Å². The second-order valence-corrected chi connectivity index (χ2v) is 2.83. The maximum Gasteiger partial charge on any atom is 0.214 e. The largest absolute Gasteiger partial charge is 0.475 e. The highest BCUT2D eigenvalue weighted by Crippen LogP contribution is 2.11. The Labute approximate surface area is 80.8 Å². The predicted molar refractivity (Wildman–Crippen MR) is 47.8 cm³/mol. The Balaban J connectivity index is 2.45. The van der Waals surface area contributed by atoms with E-state index in [1.165, 1.54) is 0 Å². The number of aromatic nitrogens is 1. The van der Waals surface area contributed by atoms with E-state index < -0.39 is 6.10 Å². The van der Waals surface area contributed by atoms with Crippen LogP contribution < -0.4 is 4.74 Å². The lowest BCUT2D eigenvalue weighted by atomic mass is 10.4. The SMILES string of the molecule is OCC(O)COc1cccc(Cl)n1. The molecule has 13 heavy (non-hydrogen) atoms. The van der Waals surface area contributed by atoms with Gasteiger partial charge in [-0.1, -0.05) is 17.7 Å². The molecule has 0 saturated carbocycles. The van der Waals surface area contributed by atoms with Crippen LogP contribution >= 0.6 is 11.6 Å². The molecule has 0 saturated heterocycles. The summed E-state index contributed by atoms with van der Waals surface area (Å²) in [7, 11) is 0. The van der Waals surface area contributed by atoms with E-state index in [1.807, 2.05) is 0 Å². The molecule has 0 radical (unpaired) electrons. The molecular formula is C8H10ClNO3. The molecule has 1 heterocycles. The van der Waals surface area contributed by atoms with Gasteiger partial charge in [-0.2, -0.15) is 0 Å². The number of hydrogen-bond acceptors (Lipinski definition) is 4. The summed E-state index contributed by atoms with van der Waals surface area (Å²) in [5.41, 5.74) is 0. The van der Waals surface area contributed by atoms with Crippen molar-refractivity contribution in [3.05, 3.63) is 23.4 Å². The van der Waals surface area contributed by atoms with Gasteiger partial charge in [0.15, 0.2) is 0 Å². The van der Waals surface area contributed by atoms with E-state index in [0.717, 1.165) is 0 Å². The Morgan fingerprint density at radius 3 is 2.92 bits per heavy atom. The van der Waals surface area contributed by atoms with Crippen LogP contribution in [0, 0.1) is 0 Å². The van der Waals surface area contributed by atoms with Gasteiger partial charge in [-0.15, -0.1) is 0 Å². The standard InChI is InChI=1S/C8H10ClNO3/c9-7-2-1-3-8(10-7)13-5-6(12)4-11/h1-3,6,11-12H,4-5H2.